The number of nitrogens with two attached hydrogens (primary N) is 1. The second-order valence-electron chi connectivity index (χ2n) is 4.51. The molecular weight excluding hydrogens is 236 g/mol. The highest BCUT2D eigenvalue weighted by Gasteiger charge is 2.21. The Balaban J connectivity index is 2.29. The molecule has 4 nitrogen and oxygen atoms in total. The molecule has 1 aromatic rings. The van der Waals surface area contributed by atoms with Crippen molar-refractivity contribution >= 4 is 21.2 Å². The Hall–Kier alpha value is -1.23. The van der Waals surface area contributed by atoms with E-state index >= 15 is 0 Å². The topological polar surface area (TPSA) is 63.4 Å². The Morgan fingerprint density at radius 2 is 2.00 bits per heavy atom. The van der Waals surface area contributed by atoms with Crippen LogP contribution in [0, 0.1) is 6.92 Å². The van der Waals surface area contributed by atoms with Crippen LogP contribution in [0.3, 0.4) is 0 Å². The van der Waals surface area contributed by atoms with E-state index in [2.05, 4.69) is 4.90 Å². The van der Waals surface area contributed by atoms with Gasteiger partial charge in [0, 0.05) is 13.1 Å². The number of benzene rings is 1. The van der Waals surface area contributed by atoms with E-state index in [1.165, 1.54) is 0 Å². The Labute approximate surface area is 102 Å². The third kappa shape index (κ3) is 2.72. The Morgan fingerprint density at radius 3 is 2.71 bits per heavy atom. The average Bonchev–Trinajstić information content (AvgIpc) is 2.40. The van der Waals surface area contributed by atoms with Crippen LogP contribution < -0.4 is 10.6 Å². The number of anilines is 2. The van der Waals surface area contributed by atoms with Gasteiger partial charge < -0.3 is 10.6 Å². The molecule has 1 heterocycles. The monoisotopic (exact) mass is 254 g/mol. The number of nitrogens with zero attached hydrogens (tertiary/aromatic N) is 1. The van der Waals surface area contributed by atoms with Gasteiger partial charge in [0.15, 0.2) is 9.84 Å². The highest BCUT2D eigenvalue weighted by atomic mass is 32.2. The Morgan fingerprint density at radius 1 is 1.24 bits per heavy atom. The lowest BCUT2D eigenvalue weighted by Gasteiger charge is -2.25. The highest BCUT2D eigenvalue weighted by Crippen LogP contribution is 2.28. The minimum absolute atomic E-state index is 0.223. The number of rotatable bonds is 1. The summed E-state index contributed by atoms with van der Waals surface area (Å²) in [4.78, 5) is 2.09. The summed E-state index contributed by atoms with van der Waals surface area (Å²) in [5.41, 5.74) is 8.80. The van der Waals surface area contributed by atoms with Gasteiger partial charge in [0.25, 0.3) is 0 Å². The molecular formula is C12H18N2O2S. The van der Waals surface area contributed by atoms with Gasteiger partial charge in [0.2, 0.25) is 0 Å². The lowest BCUT2D eigenvalue weighted by Crippen LogP contribution is -2.28. The summed E-state index contributed by atoms with van der Waals surface area (Å²) in [6, 6.07) is 5.79. The van der Waals surface area contributed by atoms with Gasteiger partial charge in [-0.1, -0.05) is 12.1 Å². The summed E-state index contributed by atoms with van der Waals surface area (Å²) in [7, 11) is -2.87. The van der Waals surface area contributed by atoms with Gasteiger partial charge in [-0.15, -0.1) is 0 Å². The molecule has 17 heavy (non-hydrogen) atoms. The molecule has 1 aliphatic heterocycles. The lowest BCUT2D eigenvalue weighted by atomic mass is 10.1. The number of aryl methyl sites for hydroxylation is 1. The minimum atomic E-state index is -2.87. The zero-order valence-corrected chi connectivity index (χ0v) is 10.8. The van der Waals surface area contributed by atoms with Crippen LogP contribution in [-0.2, 0) is 9.84 Å². The quantitative estimate of drug-likeness (QED) is 0.765. The van der Waals surface area contributed by atoms with Crippen molar-refractivity contribution in [1.29, 1.82) is 0 Å². The molecule has 1 fully saturated rings. The molecule has 0 saturated carbocycles. The number of para-hydroxylation sites is 1. The summed E-state index contributed by atoms with van der Waals surface area (Å²) in [6.07, 6.45) is 0.677. The summed E-state index contributed by atoms with van der Waals surface area (Å²) < 4.78 is 23.1. The maximum Gasteiger partial charge on any atom is 0.152 e. The zero-order chi connectivity index (χ0) is 12.5. The molecule has 0 atom stereocenters. The molecule has 1 aliphatic rings. The van der Waals surface area contributed by atoms with Gasteiger partial charge in [-0.3, -0.25) is 0 Å². The fourth-order valence-corrected chi connectivity index (χ4v) is 3.55. The Kier molecular flexibility index (Phi) is 3.28. The van der Waals surface area contributed by atoms with Gasteiger partial charge in [0.1, 0.15) is 0 Å². The third-order valence-electron chi connectivity index (χ3n) is 3.14. The second kappa shape index (κ2) is 4.56. The first-order valence-corrected chi connectivity index (χ1v) is 7.62. The SMILES string of the molecule is Cc1cccc(N)c1N1CCCS(=O)(=O)CC1. The van der Waals surface area contributed by atoms with E-state index in [0.29, 0.717) is 13.0 Å². The van der Waals surface area contributed by atoms with Crippen molar-refractivity contribution in [2.45, 2.75) is 13.3 Å². The molecule has 1 saturated heterocycles. The molecule has 0 aromatic heterocycles. The maximum atomic E-state index is 11.6. The predicted octanol–water partition coefficient (Wildman–Crippen LogP) is 1.20. The molecule has 2 rings (SSSR count). The van der Waals surface area contributed by atoms with E-state index in [9.17, 15) is 8.42 Å². The van der Waals surface area contributed by atoms with Crippen LogP contribution in [-0.4, -0.2) is 33.0 Å². The molecule has 2 N–H and O–H groups in total. The Bertz CT molecular complexity index is 491. The van der Waals surface area contributed by atoms with Crippen LogP contribution in [0.15, 0.2) is 18.2 Å². The van der Waals surface area contributed by atoms with Crippen molar-refractivity contribution in [3.05, 3.63) is 23.8 Å². The van der Waals surface area contributed by atoms with E-state index in [1.54, 1.807) is 0 Å². The molecule has 0 aliphatic carbocycles. The van der Waals surface area contributed by atoms with Crippen LogP contribution >= 0.6 is 0 Å². The van der Waals surface area contributed by atoms with Gasteiger partial charge in [-0.2, -0.15) is 0 Å². The van der Waals surface area contributed by atoms with Gasteiger partial charge in [0.05, 0.1) is 22.9 Å². The highest BCUT2D eigenvalue weighted by molar-refractivity contribution is 7.91. The summed E-state index contributed by atoms with van der Waals surface area (Å²) >= 11 is 0. The molecule has 0 amide bonds. The molecule has 0 bridgehead atoms. The summed E-state index contributed by atoms with van der Waals surface area (Å²) in [6.45, 7) is 3.30. The van der Waals surface area contributed by atoms with Crippen LogP contribution in [0.1, 0.15) is 12.0 Å². The standard InChI is InChI=1S/C12H18N2O2S/c1-10-4-2-5-11(13)12(10)14-6-3-8-17(15,16)9-7-14/h2,4-5H,3,6-9,13H2,1H3. The van der Waals surface area contributed by atoms with Crippen molar-refractivity contribution in [3.63, 3.8) is 0 Å². The zero-order valence-electron chi connectivity index (χ0n) is 10.0. The number of sulfone groups is 1. The smallest absolute Gasteiger partial charge is 0.152 e. The van der Waals surface area contributed by atoms with Crippen LogP contribution in [0.4, 0.5) is 11.4 Å². The fourth-order valence-electron chi connectivity index (χ4n) is 2.28. The van der Waals surface area contributed by atoms with E-state index in [-0.39, 0.29) is 11.5 Å². The molecule has 0 spiro atoms. The third-order valence-corrected chi connectivity index (χ3v) is 4.86. The molecule has 0 unspecified atom stereocenters. The number of nitrogen functional groups attached to an aromatic ring is 1. The number of hydrogen-bond acceptors (Lipinski definition) is 4. The van der Waals surface area contributed by atoms with E-state index in [4.69, 9.17) is 5.73 Å². The second-order valence-corrected chi connectivity index (χ2v) is 6.81. The first-order valence-electron chi connectivity index (χ1n) is 5.80. The summed E-state index contributed by atoms with van der Waals surface area (Å²) in [5.74, 6) is 0.510. The van der Waals surface area contributed by atoms with Crippen molar-refractivity contribution < 1.29 is 8.42 Å². The maximum absolute atomic E-state index is 11.6. The molecule has 1 aromatic carbocycles. The van der Waals surface area contributed by atoms with E-state index < -0.39 is 9.84 Å². The van der Waals surface area contributed by atoms with Crippen molar-refractivity contribution in [2.75, 3.05) is 35.2 Å². The minimum Gasteiger partial charge on any atom is -0.397 e. The fraction of sp³-hybridized carbons (Fsp3) is 0.500. The average molecular weight is 254 g/mol. The van der Waals surface area contributed by atoms with Gasteiger partial charge >= 0.3 is 0 Å². The van der Waals surface area contributed by atoms with Crippen molar-refractivity contribution in [3.8, 4) is 0 Å². The molecule has 94 valence electrons. The lowest BCUT2D eigenvalue weighted by molar-refractivity contribution is 0.597. The number of hydrogen-bond donors (Lipinski definition) is 1. The normalized spacial score (nSPS) is 19.9. The van der Waals surface area contributed by atoms with Gasteiger partial charge in [-0.25, -0.2) is 8.42 Å². The van der Waals surface area contributed by atoms with Gasteiger partial charge in [-0.05, 0) is 25.0 Å². The van der Waals surface area contributed by atoms with Crippen molar-refractivity contribution in [2.24, 2.45) is 0 Å². The van der Waals surface area contributed by atoms with Crippen molar-refractivity contribution in [1.82, 2.24) is 0 Å². The van der Waals surface area contributed by atoms with E-state index in [1.807, 2.05) is 25.1 Å². The van der Waals surface area contributed by atoms with Crippen LogP contribution in [0.25, 0.3) is 0 Å². The van der Waals surface area contributed by atoms with E-state index in [0.717, 1.165) is 23.5 Å². The van der Waals surface area contributed by atoms with Crippen LogP contribution in [0.5, 0.6) is 0 Å². The first-order chi connectivity index (χ1) is 7.99. The first kappa shape index (κ1) is 12.2. The molecule has 5 heteroatoms. The van der Waals surface area contributed by atoms with Crippen LogP contribution in [0.2, 0.25) is 0 Å². The molecule has 0 radical (unpaired) electrons. The predicted molar refractivity (Wildman–Crippen MR) is 71.1 cm³/mol. The largest absolute Gasteiger partial charge is 0.397 e. The summed E-state index contributed by atoms with van der Waals surface area (Å²) in [5, 5.41) is 0.